The van der Waals surface area contributed by atoms with Gasteiger partial charge in [-0.3, -0.25) is 0 Å². The van der Waals surface area contributed by atoms with Gasteiger partial charge in [0, 0.05) is 19.2 Å². The summed E-state index contributed by atoms with van der Waals surface area (Å²) in [6.45, 7) is 10.3. The number of rotatable bonds is 5. The van der Waals surface area contributed by atoms with Gasteiger partial charge < -0.3 is 15.0 Å². The lowest BCUT2D eigenvalue weighted by molar-refractivity contribution is 0.0570. The van der Waals surface area contributed by atoms with Crippen molar-refractivity contribution < 1.29 is 4.74 Å². The Labute approximate surface area is 106 Å². The van der Waals surface area contributed by atoms with E-state index in [4.69, 9.17) is 4.74 Å². The normalized spacial score (nSPS) is 29.6. The van der Waals surface area contributed by atoms with Gasteiger partial charge in [-0.1, -0.05) is 6.92 Å². The number of hydrogen-bond donors (Lipinski definition) is 1. The van der Waals surface area contributed by atoms with Crippen molar-refractivity contribution in [1.82, 2.24) is 10.2 Å². The van der Waals surface area contributed by atoms with Crippen LogP contribution in [0.25, 0.3) is 0 Å². The SMILES string of the molecule is CCNC(C)C1CCN(CC2CCCO2)CC1. The van der Waals surface area contributed by atoms with Gasteiger partial charge >= 0.3 is 0 Å². The summed E-state index contributed by atoms with van der Waals surface area (Å²) in [6, 6.07) is 0.685. The summed E-state index contributed by atoms with van der Waals surface area (Å²) in [6.07, 6.45) is 5.76. The van der Waals surface area contributed by atoms with E-state index in [0.29, 0.717) is 12.1 Å². The Morgan fingerprint density at radius 3 is 2.65 bits per heavy atom. The van der Waals surface area contributed by atoms with E-state index < -0.39 is 0 Å². The summed E-state index contributed by atoms with van der Waals surface area (Å²) in [5.41, 5.74) is 0. The molecule has 2 aliphatic heterocycles. The first-order valence-electron chi connectivity index (χ1n) is 7.37. The van der Waals surface area contributed by atoms with Crippen LogP contribution in [0, 0.1) is 5.92 Å². The van der Waals surface area contributed by atoms with E-state index in [-0.39, 0.29) is 0 Å². The van der Waals surface area contributed by atoms with E-state index >= 15 is 0 Å². The molecule has 17 heavy (non-hydrogen) atoms. The first kappa shape index (κ1) is 13.3. The Morgan fingerprint density at radius 1 is 1.29 bits per heavy atom. The molecule has 0 spiro atoms. The van der Waals surface area contributed by atoms with Crippen molar-refractivity contribution in [2.75, 3.05) is 32.8 Å². The molecule has 0 saturated carbocycles. The molecule has 0 aromatic rings. The van der Waals surface area contributed by atoms with E-state index in [2.05, 4.69) is 24.1 Å². The molecule has 1 N–H and O–H groups in total. The highest BCUT2D eigenvalue weighted by Gasteiger charge is 2.26. The van der Waals surface area contributed by atoms with Crippen molar-refractivity contribution in [3.8, 4) is 0 Å². The van der Waals surface area contributed by atoms with Crippen LogP contribution in [0.1, 0.15) is 39.5 Å². The molecule has 2 rings (SSSR count). The molecule has 0 aromatic heterocycles. The van der Waals surface area contributed by atoms with Crippen LogP contribution >= 0.6 is 0 Å². The molecule has 2 aliphatic rings. The van der Waals surface area contributed by atoms with Crippen LogP contribution in [0.15, 0.2) is 0 Å². The molecule has 0 radical (unpaired) electrons. The second-order valence-corrected chi connectivity index (χ2v) is 5.62. The average molecular weight is 240 g/mol. The van der Waals surface area contributed by atoms with Gasteiger partial charge in [-0.05, 0) is 58.2 Å². The van der Waals surface area contributed by atoms with Gasteiger partial charge in [-0.15, -0.1) is 0 Å². The van der Waals surface area contributed by atoms with Crippen LogP contribution in [0.2, 0.25) is 0 Å². The fourth-order valence-electron chi connectivity index (χ4n) is 3.20. The highest BCUT2D eigenvalue weighted by atomic mass is 16.5. The maximum absolute atomic E-state index is 5.71. The monoisotopic (exact) mass is 240 g/mol. The lowest BCUT2D eigenvalue weighted by Gasteiger charge is -2.36. The lowest BCUT2D eigenvalue weighted by Crippen LogP contribution is -2.44. The third-order valence-corrected chi connectivity index (χ3v) is 4.35. The van der Waals surface area contributed by atoms with Crippen LogP contribution in [0.3, 0.4) is 0 Å². The zero-order valence-electron chi connectivity index (χ0n) is 11.5. The van der Waals surface area contributed by atoms with Crippen LogP contribution < -0.4 is 5.32 Å². The van der Waals surface area contributed by atoms with Gasteiger partial charge in [0.2, 0.25) is 0 Å². The predicted octanol–water partition coefficient (Wildman–Crippen LogP) is 1.88. The summed E-state index contributed by atoms with van der Waals surface area (Å²) in [5.74, 6) is 0.871. The van der Waals surface area contributed by atoms with Gasteiger partial charge in [0.05, 0.1) is 6.10 Å². The lowest BCUT2D eigenvalue weighted by atomic mass is 9.90. The Bertz CT molecular complexity index is 208. The zero-order chi connectivity index (χ0) is 12.1. The fraction of sp³-hybridized carbons (Fsp3) is 1.00. The van der Waals surface area contributed by atoms with Gasteiger partial charge in [0.25, 0.3) is 0 Å². The Kier molecular flexibility index (Phi) is 5.26. The second kappa shape index (κ2) is 6.72. The smallest absolute Gasteiger partial charge is 0.0702 e. The van der Waals surface area contributed by atoms with E-state index in [1.165, 1.54) is 45.3 Å². The number of hydrogen-bond acceptors (Lipinski definition) is 3. The molecule has 0 aliphatic carbocycles. The summed E-state index contributed by atoms with van der Waals surface area (Å²) >= 11 is 0. The molecule has 100 valence electrons. The highest BCUT2D eigenvalue weighted by molar-refractivity contribution is 4.81. The fourth-order valence-corrected chi connectivity index (χ4v) is 3.20. The molecule has 3 heteroatoms. The van der Waals surface area contributed by atoms with Crippen molar-refractivity contribution in [2.45, 2.75) is 51.7 Å². The molecule has 0 aromatic carbocycles. The maximum Gasteiger partial charge on any atom is 0.0702 e. The molecule has 3 nitrogen and oxygen atoms in total. The molecule has 2 saturated heterocycles. The molecule has 2 atom stereocenters. The Morgan fingerprint density at radius 2 is 2.06 bits per heavy atom. The molecule has 2 unspecified atom stereocenters. The molecule has 2 heterocycles. The van der Waals surface area contributed by atoms with Crippen molar-refractivity contribution in [3.63, 3.8) is 0 Å². The van der Waals surface area contributed by atoms with Crippen molar-refractivity contribution in [3.05, 3.63) is 0 Å². The summed E-state index contributed by atoms with van der Waals surface area (Å²) in [7, 11) is 0. The van der Waals surface area contributed by atoms with Crippen LogP contribution in [0.5, 0.6) is 0 Å². The molecular weight excluding hydrogens is 212 g/mol. The van der Waals surface area contributed by atoms with Crippen LogP contribution in [0.4, 0.5) is 0 Å². The largest absolute Gasteiger partial charge is 0.377 e. The van der Waals surface area contributed by atoms with E-state index in [9.17, 15) is 0 Å². The minimum Gasteiger partial charge on any atom is -0.377 e. The third kappa shape index (κ3) is 3.94. The Hall–Kier alpha value is -0.120. The maximum atomic E-state index is 5.71. The van der Waals surface area contributed by atoms with Crippen molar-refractivity contribution in [1.29, 1.82) is 0 Å². The summed E-state index contributed by atoms with van der Waals surface area (Å²) < 4.78 is 5.71. The van der Waals surface area contributed by atoms with Gasteiger partial charge in [0.15, 0.2) is 0 Å². The average Bonchev–Trinajstić information content (AvgIpc) is 2.83. The van der Waals surface area contributed by atoms with Gasteiger partial charge in [-0.2, -0.15) is 0 Å². The number of piperidine rings is 1. The quantitative estimate of drug-likeness (QED) is 0.794. The molecule has 0 amide bonds. The van der Waals surface area contributed by atoms with Gasteiger partial charge in [0.1, 0.15) is 0 Å². The van der Waals surface area contributed by atoms with Crippen LogP contribution in [-0.4, -0.2) is 49.8 Å². The minimum atomic E-state index is 0.526. The number of ether oxygens (including phenoxy) is 1. The topological polar surface area (TPSA) is 24.5 Å². The van der Waals surface area contributed by atoms with Crippen molar-refractivity contribution in [2.24, 2.45) is 5.92 Å². The predicted molar refractivity (Wildman–Crippen MR) is 71.3 cm³/mol. The molecular formula is C14H28N2O. The number of nitrogens with zero attached hydrogens (tertiary/aromatic N) is 1. The standard InChI is InChI=1S/C14H28N2O/c1-3-15-12(2)13-6-8-16(9-7-13)11-14-5-4-10-17-14/h12-15H,3-11H2,1-2H3. The Balaban J connectivity index is 1.66. The first-order valence-corrected chi connectivity index (χ1v) is 7.37. The number of nitrogens with one attached hydrogen (secondary N) is 1. The third-order valence-electron chi connectivity index (χ3n) is 4.35. The number of likely N-dealkylation sites (tertiary alicyclic amines) is 1. The minimum absolute atomic E-state index is 0.526. The van der Waals surface area contributed by atoms with E-state index in [1.54, 1.807) is 0 Å². The molecule has 2 fully saturated rings. The molecule has 0 bridgehead atoms. The summed E-state index contributed by atoms with van der Waals surface area (Å²) in [4.78, 5) is 2.60. The first-order chi connectivity index (χ1) is 8.29. The highest BCUT2D eigenvalue weighted by Crippen LogP contribution is 2.22. The second-order valence-electron chi connectivity index (χ2n) is 5.62. The van der Waals surface area contributed by atoms with Gasteiger partial charge in [-0.25, -0.2) is 0 Å². The van der Waals surface area contributed by atoms with Crippen molar-refractivity contribution >= 4 is 0 Å². The zero-order valence-corrected chi connectivity index (χ0v) is 11.5. The van der Waals surface area contributed by atoms with Crippen LogP contribution in [-0.2, 0) is 4.74 Å². The van der Waals surface area contributed by atoms with E-state index in [1.807, 2.05) is 0 Å². The summed E-state index contributed by atoms with van der Waals surface area (Å²) in [5, 5.41) is 3.56. The van der Waals surface area contributed by atoms with E-state index in [0.717, 1.165) is 19.1 Å².